The zero-order chi connectivity index (χ0) is 10.1. The van der Waals surface area contributed by atoms with Crippen molar-refractivity contribution in [1.29, 1.82) is 0 Å². The highest BCUT2D eigenvalue weighted by molar-refractivity contribution is 5.74. The Balaban J connectivity index is 3.41. The van der Waals surface area contributed by atoms with Crippen LogP contribution in [0.2, 0.25) is 0 Å². The Labute approximate surface area is 79.8 Å². The van der Waals surface area contributed by atoms with Gasteiger partial charge in [0.1, 0.15) is 6.61 Å². The average molecular weight is 188 g/mol. The monoisotopic (exact) mass is 188 g/mol. The van der Waals surface area contributed by atoms with Gasteiger partial charge >= 0.3 is 0 Å². The zero-order valence-corrected chi connectivity index (χ0v) is 8.51. The molecule has 0 aromatic carbocycles. The van der Waals surface area contributed by atoms with E-state index in [2.05, 4.69) is 19.3 Å². The lowest BCUT2D eigenvalue weighted by atomic mass is 10.1. The molecule has 4 nitrogen and oxygen atoms in total. The van der Waals surface area contributed by atoms with E-state index in [1.807, 2.05) is 0 Å². The number of rotatable bonds is 8. The Morgan fingerprint density at radius 3 is 2.69 bits per heavy atom. The van der Waals surface area contributed by atoms with Crippen LogP contribution in [0.15, 0.2) is 0 Å². The number of primary amides is 1. The lowest BCUT2D eigenvalue weighted by molar-refractivity contribution is -0.126. The standard InChI is InChI=1S/C9H20N2O2/c1-3-5-6-8(4-2)11-13-7-9(10)12/h8,11H,3-7H2,1-2H3,(H2,10,12). The van der Waals surface area contributed by atoms with Gasteiger partial charge in [-0.1, -0.05) is 26.7 Å². The fraction of sp³-hybridized carbons (Fsp3) is 0.889. The van der Waals surface area contributed by atoms with Crippen LogP contribution in [0.4, 0.5) is 0 Å². The first-order valence-corrected chi connectivity index (χ1v) is 4.86. The third-order valence-electron chi connectivity index (χ3n) is 1.86. The number of amides is 1. The third-order valence-corrected chi connectivity index (χ3v) is 1.86. The van der Waals surface area contributed by atoms with E-state index in [9.17, 15) is 4.79 Å². The molecule has 0 bridgehead atoms. The fourth-order valence-corrected chi connectivity index (χ4v) is 1.03. The molecule has 0 spiro atoms. The quantitative estimate of drug-likeness (QED) is 0.558. The minimum atomic E-state index is -0.446. The molecule has 0 saturated carbocycles. The predicted octanol–water partition coefficient (Wildman–Crippen LogP) is 0.962. The summed E-state index contributed by atoms with van der Waals surface area (Å²) in [6.07, 6.45) is 4.42. The second kappa shape index (κ2) is 8.01. The van der Waals surface area contributed by atoms with E-state index in [1.165, 1.54) is 12.8 Å². The van der Waals surface area contributed by atoms with Crippen LogP contribution in [-0.2, 0) is 9.63 Å². The van der Waals surface area contributed by atoms with Crippen LogP contribution in [0, 0.1) is 0 Å². The molecule has 3 N–H and O–H groups in total. The van der Waals surface area contributed by atoms with Gasteiger partial charge in [0, 0.05) is 6.04 Å². The molecule has 0 saturated heterocycles. The van der Waals surface area contributed by atoms with Crippen LogP contribution >= 0.6 is 0 Å². The molecule has 0 aliphatic heterocycles. The highest BCUT2D eigenvalue weighted by Crippen LogP contribution is 2.03. The molecule has 0 rings (SSSR count). The molecule has 1 amide bonds. The minimum Gasteiger partial charge on any atom is -0.368 e. The number of unbranched alkanes of at least 4 members (excludes halogenated alkanes) is 1. The van der Waals surface area contributed by atoms with Crippen molar-refractivity contribution in [2.75, 3.05) is 6.61 Å². The second-order valence-corrected chi connectivity index (χ2v) is 3.12. The molecular formula is C9H20N2O2. The summed E-state index contributed by atoms with van der Waals surface area (Å²) in [5, 5.41) is 0. The second-order valence-electron chi connectivity index (χ2n) is 3.12. The van der Waals surface area contributed by atoms with E-state index in [1.54, 1.807) is 0 Å². The van der Waals surface area contributed by atoms with Crippen molar-refractivity contribution in [2.24, 2.45) is 5.73 Å². The Kier molecular flexibility index (Phi) is 7.63. The molecule has 1 unspecified atom stereocenters. The average Bonchev–Trinajstić information content (AvgIpc) is 2.10. The van der Waals surface area contributed by atoms with Crippen molar-refractivity contribution in [3.8, 4) is 0 Å². The first kappa shape index (κ1) is 12.4. The van der Waals surface area contributed by atoms with E-state index in [0.717, 1.165) is 12.8 Å². The molecule has 4 heteroatoms. The molecule has 13 heavy (non-hydrogen) atoms. The Morgan fingerprint density at radius 1 is 1.54 bits per heavy atom. The van der Waals surface area contributed by atoms with Crippen molar-refractivity contribution in [1.82, 2.24) is 5.48 Å². The van der Waals surface area contributed by atoms with Crippen molar-refractivity contribution in [3.05, 3.63) is 0 Å². The van der Waals surface area contributed by atoms with Crippen LogP contribution in [-0.4, -0.2) is 18.6 Å². The van der Waals surface area contributed by atoms with E-state index < -0.39 is 5.91 Å². The minimum absolute atomic E-state index is 0.0530. The Morgan fingerprint density at radius 2 is 2.23 bits per heavy atom. The van der Waals surface area contributed by atoms with Crippen molar-refractivity contribution in [2.45, 2.75) is 45.6 Å². The summed E-state index contributed by atoms with van der Waals surface area (Å²) < 4.78 is 0. The fourth-order valence-electron chi connectivity index (χ4n) is 1.03. The van der Waals surface area contributed by atoms with E-state index in [-0.39, 0.29) is 6.61 Å². The SMILES string of the molecule is CCCCC(CC)NOCC(N)=O. The topological polar surface area (TPSA) is 64.3 Å². The summed E-state index contributed by atoms with van der Waals surface area (Å²) >= 11 is 0. The van der Waals surface area contributed by atoms with Crippen LogP contribution < -0.4 is 11.2 Å². The maximum absolute atomic E-state index is 10.3. The van der Waals surface area contributed by atoms with Gasteiger partial charge in [0.25, 0.3) is 0 Å². The number of carbonyl (C=O) groups is 1. The third kappa shape index (κ3) is 7.74. The number of nitrogens with one attached hydrogen (secondary N) is 1. The van der Waals surface area contributed by atoms with Gasteiger partial charge in [-0.2, -0.15) is 5.48 Å². The maximum atomic E-state index is 10.3. The zero-order valence-electron chi connectivity index (χ0n) is 8.51. The molecule has 78 valence electrons. The molecule has 0 aliphatic rings. The number of hydroxylamine groups is 1. The molecule has 1 atom stereocenters. The smallest absolute Gasteiger partial charge is 0.245 e. The highest BCUT2D eigenvalue weighted by Gasteiger charge is 2.05. The lowest BCUT2D eigenvalue weighted by Gasteiger charge is -2.15. The van der Waals surface area contributed by atoms with Gasteiger partial charge in [0.15, 0.2) is 0 Å². The van der Waals surface area contributed by atoms with E-state index in [0.29, 0.717) is 6.04 Å². The van der Waals surface area contributed by atoms with Gasteiger partial charge in [-0.05, 0) is 12.8 Å². The lowest BCUT2D eigenvalue weighted by Crippen LogP contribution is -2.32. The van der Waals surface area contributed by atoms with Gasteiger partial charge in [-0.25, -0.2) is 0 Å². The normalized spacial score (nSPS) is 12.8. The summed E-state index contributed by atoms with van der Waals surface area (Å²) in [6, 6.07) is 0.333. The van der Waals surface area contributed by atoms with Gasteiger partial charge < -0.3 is 5.73 Å². The number of hydrogen-bond donors (Lipinski definition) is 2. The molecular weight excluding hydrogens is 168 g/mol. The number of nitrogens with two attached hydrogens (primary N) is 1. The maximum Gasteiger partial charge on any atom is 0.245 e. The summed E-state index contributed by atoms with van der Waals surface area (Å²) in [4.78, 5) is 15.3. The molecule has 0 aromatic heterocycles. The molecule has 0 aliphatic carbocycles. The van der Waals surface area contributed by atoms with Gasteiger partial charge in [-0.15, -0.1) is 0 Å². The molecule has 0 radical (unpaired) electrons. The molecule has 0 heterocycles. The molecule has 0 fully saturated rings. The molecule has 0 aromatic rings. The number of carbonyl (C=O) groups excluding carboxylic acids is 1. The van der Waals surface area contributed by atoms with Crippen LogP contribution in [0.5, 0.6) is 0 Å². The van der Waals surface area contributed by atoms with Crippen LogP contribution in [0.25, 0.3) is 0 Å². The largest absolute Gasteiger partial charge is 0.368 e. The van der Waals surface area contributed by atoms with Crippen molar-refractivity contribution >= 4 is 5.91 Å². The van der Waals surface area contributed by atoms with E-state index in [4.69, 9.17) is 10.6 Å². The van der Waals surface area contributed by atoms with Crippen molar-refractivity contribution in [3.63, 3.8) is 0 Å². The van der Waals surface area contributed by atoms with Gasteiger partial charge in [0.2, 0.25) is 5.91 Å². The Bertz CT molecular complexity index is 140. The van der Waals surface area contributed by atoms with Crippen LogP contribution in [0.1, 0.15) is 39.5 Å². The Hall–Kier alpha value is -0.610. The van der Waals surface area contributed by atoms with E-state index >= 15 is 0 Å². The van der Waals surface area contributed by atoms with Gasteiger partial charge in [0.05, 0.1) is 0 Å². The highest BCUT2D eigenvalue weighted by atomic mass is 16.6. The summed E-state index contributed by atoms with van der Waals surface area (Å²) in [5.41, 5.74) is 7.75. The first-order valence-electron chi connectivity index (χ1n) is 4.86. The number of hydrogen-bond acceptors (Lipinski definition) is 3. The summed E-state index contributed by atoms with van der Waals surface area (Å²) in [6.45, 7) is 4.18. The van der Waals surface area contributed by atoms with Crippen molar-refractivity contribution < 1.29 is 9.63 Å². The predicted molar refractivity (Wildman–Crippen MR) is 51.9 cm³/mol. The first-order chi connectivity index (χ1) is 6.20. The summed E-state index contributed by atoms with van der Waals surface area (Å²) in [7, 11) is 0. The summed E-state index contributed by atoms with van der Waals surface area (Å²) in [5.74, 6) is -0.446. The van der Waals surface area contributed by atoms with Crippen LogP contribution in [0.3, 0.4) is 0 Å². The van der Waals surface area contributed by atoms with Gasteiger partial charge in [-0.3, -0.25) is 9.63 Å².